The van der Waals surface area contributed by atoms with Gasteiger partial charge in [-0.3, -0.25) is 4.79 Å². The number of aromatic hydroxyl groups is 1. The summed E-state index contributed by atoms with van der Waals surface area (Å²) in [5.41, 5.74) is 1.36. The molecule has 0 radical (unpaired) electrons. The molecule has 2 rings (SSSR count). The minimum atomic E-state index is -0.172. The third-order valence-corrected chi connectivity index (χ3v) is 3.71. The van der Waals surface area contributed by atoms with E-state index < -0.39 is 0 Å². The lowest BCUT2D eigenvalue weighted by Crippen LogP contribution is -2.25. The molecule has 0 atom stereocenters. The standard InChI is InChI=1S/C15H21NO2/c1-11-6-7-14(17)13(10-11)15(18)16-9-8-12-4-2-3-5-12/h6-7,10,12,17H,2-5,8-9H2,1H3,(H,16,18). The summed E-state index contributed by atoms with van der Waals surface area (Å²) < 4.78 is 0. The summed E-state index contributed by atoms with van der Waals surface area (Å²) in [6.07, 6.45) is 6.31. The van der Waals surface area contributed by atoms with E-state index in [1.54, 1.807) is 18.2 Å². The second-order valence-corrected chi connectivity index (χ2v) is 5.22. The van der Waals surface area contributed by atoms with E-state index in [4.69, 9.17) is 0 Å². The van der Waals surface area contributed by atoms with Crippen LogP contribution in [-0.2, 0) is 0 Å². The van der Waals surface area contributed by atoms with Gasteiger partial charge < -0.3 is 10.4 Å². The summed E-state index contributed by atoms with van der Waals surface area (Å²) in [7, 11) is 0. The molecule has 1 fully saturated rings. The zero-order valence-electron chi connectivity index (χ0n) is 10.9. The minimum absolute atomic E-state index is 0.0546. The zero-order valence-corrected chi connectivity index (χ0v) is 10.9. The summed E-state index contributed by atoms with van der Waals surface area (Å²) in [4.78, 5) is 11.9. The van der Waals surface area contributed by atoms with Crippen LogP contribution in [0.2, 0.25) is 0 Å². The van der Waals surface area contributed by atoms with Crippen LogP contribution in [0.3, 0.4) is 0 Å². The largest absolute Gasteiger partial charge is 0.507 e. The number of carbonyl (C=O) groups is 1. The number of phenols is 1. The quantitative estimate of drug-likeness (QED) is 0.859. The highest BCUT2D eigenvalue weighted by atomic mass is 16.3. The number of rotatable bonds is 4. The van der Waals surface area contributed by atoms with Crippen molar-refractivity contribution in [2.24, 2.45) is 5.92 Å². The molecule has 0 aromatic heterocycles. The predicted octanol–water partition coefficient (Wildman–Crippen LogP) is 3.01. The van der Waals surface area contributed by atoms with E-state index in [0.717, 1.165) is 17.9 Å². The molecule has 0 spiro atoms. The van der Waals surface area contributed by atoms with E-state index in [-0.39, 0.29) is 11.7 Å². The lowest BCUT2D eigenvalue weighted by molar-refractivity contribution is 0.0948. The van der Waals surface area contributed by atoms with Crippen molar-refractivity contribution >= 4 is 5.91 Å². The Hall–Kier alpha value is -1.51. The van der Waals surface area contributed by atoms with Crippen LogP contribution in [0.5, 0.6) is 5.75 Å². The van der Waals surface area contributed by atoms with Crippen molar-refractivity contribution in [1.29, 1.82) is 0 Å². The number of hydrogen-bond acceptors (Lipinski definition) is 2. The molecule has 1 saturated carbocycles. The molecule has 98 valence electrons. The van der Waals surface area contributed by atoms with Gasteiger partial charge in [-0.1, -0.05) is 37.3 Å². The first-order valence-corrected chi connectivity index (χ1v) is 6.74. The van der Waals surface area contributed by atoms with Gasteiger partial charge in [0.05, 0.1) is 5.56 Å². The van der Waals surface area contributed by atoms with Crippen molar-refractivity contribution in [1.82, 2.24) is 5.32 Å². The lowest BCUT2D eigenvalue weighted by atomic mass is 10.0. The van der Waals surface area contributed by atoms with Gasteiger partial charge in [0.2, 0.25) is 0 Å². The SMILES string of the molecule is Cc1ccc(O)c(C(=O)NCCC2CCCC2)c1. The van der Waals surface area contributed by atoms with Gasteiger partial charge in [0.25, 0.3) is 5.91 Å². The number of hydrogen-bond donors (Lipinski definition) is 2. The van der Waals surface area contributed by atoms with Crippen LogP contribution in [0.1, 0.15) is 48.0 Å². The summed E-state index contributed by atoms with van der Waals surface area (Å²) in [5, 5.41) is 12.6. The van der Waals surface area contributed by atoms with E-state index in [1.165, 1.54) is 25.7 Å². The Labute approximate surface area is 108 Å². The van der Waals surface area contributed by atoms with Crippen LogP contribution in [0.25, 0.3) is 0 Å². The van der Waals surface area contributed by atoms with Gasteiger partial charge in [0.1, 0.15) is 5.75 Å². The van der Waals surface area contributed by atoms with Gasteiger partial charge in [-0.2, -0.15) is 0 Å². The van der Waals surface area contributed by atoms with Gasteiger partial charge in [0, 0.05) is 6.54 Å². The normalized spacial score (nSPS) is 15.8. The third-order valence-electron chi connectivity index (χ3n) is 3.71. The second-order valence-electron chi connectivity index (χ2n) is 5.22. The number of phenolic OH excluding ortho intramolecular Hbond substituents is 1. The summed E-state index contributed by atoms with van der Waals surface area (Å²) >= 11 is 0. The first-order valence-electron chi connectivity index (χ1n) is 6.74. The molecule has 0 heterocycles. The fourth-order valence-corrected chi connectivity index (χ4v) is 2.62. The van der Waals surface area contributed by atoms with Crippen molar-refractivity contribution in [3.05, 3.63) is 29.3 Å². The van der Waals surface area contributed by atoms with Crippen LogP contribution in [-0.4, -0.2) is 17.6 Å². The molecular formula is C15H21NO2. The van der Waals surface area contributed by atoms with Crippen molar-refractivity contribution in [2.75, 3.05) is 6.54 Å². The maximum Gasteiger partial charge on any atom is 0.255 e. The Morgan fingerprint density at radius 1 is 1.39 bits per heavy atom. The van der Waals surface area contributed by atoms with E-state index >= 15 is 0 Å². The van der Waals surface area contributed by atoms with Crippen LogP contribution in [0.4, 0.5) is 0 Å². The fourth-order valence-electron chi connectivity index (χ4n) is 2.62. The minimum Gasteiger partial charge on any atom is -0.507 e. The van der Waals surface area contributed by atoms with Crippen molar-refractivity contribution in [3.63, 3.8) is 0 Å². The Morgan fingerprint density at radius 3 is 2.83 bits per heavy atom. The van der Waals surface area contributed by atoms with Crippen molar-refractivity contribution in [2.45, 2.75) is 39.0 Å². The smallest absolute Gasteiger partial charge is 0.255 e. The average Bonchev–Trinajstić information content (AvgIpc) is 2.85. The molecule has 1 aromatic rings. The highest BCUT2D eigenvalue weighted by Gasteiger charge is 2.16. The van der Waals surface area contributed by atoms with Gasteiger partial charge in [0.15, 0.2) is 0 Å². The summed E-state index contributed by atoms with van der Waals surface area (Å²) in [5.74, 6) is 0.657. The van der Waals surface area contributed by atoms with Gasteiger partial charge >= 0.3 is 0 Å². The van der Waals surface area contributed by atoms with Gasteiger partial charge in [-0.15, -0.1) is 0 Å². The first-order chi connectivity index (χ1) is 8.66. The first kappa shape index (κ1) is 12.9. The van der Waals surface area contributed by atoms with Crippen LogP contribution in [0, 0.1) is 12.8 Å². The maximum atomic E-state index is 11.9. The van der Waals surface area contributed by atoms with E-state index in [9.17, 15) is 9.90 Å². The van der Waals surface area contributed by atoms with Crippen LogP contribution in [0.15, 0.2) is 18.2 Å². The number of nitrogens with one attached hydrogen (secondary N) is 1. The molecule has 0 saturated heterocycles. The predicted molar refractivity (Wildman–Crippen MR) is 71.8 cm³/mol. The highest BCUT2D eigenvalue weighted by molar-refractivity contribution is 5.96. The van der Waals surface area contributed by atoms with Gasteiger partial charge in [-0.05, 0) is 31.4 Å². The number of amides is 1. The molecule has 2 N–H and O–H groups in total. The van der Waals surface area contributed by atoms with Crippen molar-refractivity contribution in [3.8, 4) is 5.75 Å². The molecule has 3 heteroatoms. The molecule has 0 aliphatic heterocycles. The Bertz CT molecular complexity index is 423. The van der Waals surface area contributed by atoms with Crippen LogP contribution >= 0.6 is 0 Å². The summed E-state index contributed by atoms with van der Waals surface area (Å²) in [6.45, 7) is 2.62. The van der Waals surface area contributed by atoms with E-state index in [2.05, 4.69) is 5.32 Å². The average molecular weight is 247 g/mol. The Kier molecular flexibility index (Phi) is 4.24. The number of aryl methyl sites for hydroxylation is 1. The monoisotopic (exact) mass is 247 g/mol. The zero-order chi connectivity index (χ0) is 13.0. The molecule has 0 bridgehead atoms. The maximum absolute atomic E-state index is 11.9. The van der Waals surface area contributed by atoms with E-state index in [0.29, 0.717) is 12.1 Å². The molecule has 3 nitrogen and oxygen atoms in total. The molecule has 1 amide bonds. The lowest BCUT2D eigenvalue weighted by Gasteiger charge is -2.10. The molecule has 18 heavy (non-hydrogen) atoms. The molecular weight excluding hydrogens is 226 g/mol. The third kappa shape index (κ3) is 3.25. The number of benzene rings is 1. The Morgan fingerprint density at radius 2 is 2.11 bits per heavy atom. The topological polar surface area (TPSA) is 49.3 Å². The second kappa shape index (κ2) is 5.89. The fraction of sp³-hybridized carbons (Fsp3) is 0.533. The van der Waals surface area contributed by atoms with Crippen LogP contribution < -0.4 is 5.32 Å². The summed E-state index contributed by atoms with van der Waals surface area (Å²) in [6, 6.07) is 5.09. The van der Waals surface area contributed by atoms with E-state index in [1.807, 2.05) is 6.92 Å². The molecule has 1 aliphatic rings. The molecule has 1 aromatic carbocycles. The van der Waals surface area contributed by atoms with Gasteiger partial charge in [-0.25, -0.2) is 0 Å². The Balaban J connectivity index is 1.85. The highest BCUT2D eigenvalue weighted by Crippen LogP contribution is 2.27. The van der Waals surface area contributed by atoms with Crippen molar-refractivity contribution < 1.29 is 9.90 Å². The number of carbonyl (C=O) groups excluding carboxylic acids is 1. The molecule has 0 unspecified atom stereocenters. The molecule has 1 aliphatic carbocycles.